The molecule has 7 heteroatoms. The molecule has 2 aliphatic rings. The zero-order valence-electron chi connectivity index (χ0n) is 18.1. The average molecular weight is 442 g/mol. The summed E-state index contributed by atoms with van der Waals surface area (Å²) in [6, 6.07) is 16.4. The summed E-state index contributed by atoms with van der Waals surface area (Å²) in [5.41, 5.74) is 3.16. The molecule has 1 heterocycles. The smallest absolute Gasteiger partial charge is 0.270 e. The highest BCUT2D eigenvalue weighted by molar-refractivity contribution is 7.97. The van der Waals surface area contributed by atoms with Gasteiger partial charge in [-0.05, 0) is 67.3 Å². The summed E-state index contributed by atoms with van der Waals surface area (Å²) in [7, 11) is 1.72. The summed E-state index contributed by atoms with van der Waals surface area (Å²) in [4.78, 5) is 14.4. The van der Waals surface area contributed by atoms with Crippen LogP contribution in [0.3, 0.4) is 0 Å². The van der Waals surface area contributed by atoms with Crippen LogP contribution in [-0.2, 0) is 17.6 Å². The van der Waals surface area contributed by atoms with Crippen LogP contribution in [0.1, 0.15) is 24.0 Å². The molecular formula is C24H31N3O3S. The first-order valence-electron chi connectivity index (χ1n) is 11.1. The van der Waals surface area contributed by atoms with Crippen molar-refractivity contribution < 1.29 is 9.66 Å². The number of hydrogen-bond acceptors (Lipinski definition) is 6. The minimum Gasteiger partial charge on any atom is -0.383 e. The maximum atomic E-state index is 11.1. The molecule has 1 saturated heterocycles. The van der Waals surface area contributed by atoms with Crippen molar-refractivity contribution in [2.75, 3.05) is 39.9 Å². The van der Waals surface area contributed by atoms with Crippen LogP contribution in [0.5, 0.6) is 0 Å². The maximum absolute atomic E-state index is 11.1. The van der Waals surface area contributed by atoms with E-state index in [1.807, 2.05) is 6.07 Å². The first-order chi connectivity index (χ1) is 15.1. The number of rotatable bonds is 9. The molecule has 31 heavy (non-hydrogen) atoms. The largest absolute Gasteiger partial charge is 0.383 e. The molecule has 2 aromatic carbocycles. The van der Waals surface area contributed by atoms with Crippen LogP contribution in [0.4, 0.5) is 5.69 Å². The normalized spacial score (nSPS) is 19.6. The number of nitro groups is 1. The van der Waals surface area contributed by atoms with Crippen LogP contribution >= 0.6 is 11.9 Å². The van der Waals surface area contributed by atoms with Crippen LogP contribution in [-0.4, -0.2) is 60.1 Å². The first kappa shape index (κ1) is 22.3. The fraction of sp³-hybridized carbons (Fsp3) is 0.500. The molecule has 1 fully saturated rings. The van der Waals surface area contributed by atoms with Gasteiger partial charge in [-0.25, -0.2) is 4.31 Å². The van der Waals surface area contributed by atoms with Gasteiger partial charge in [-0.15, -0.1) is 0 Å². The second-order valence-electron chi connectivity index (χ2n) is 8.56. The van der Waals surface area contributed by atoms with E-state index < -0.39 is 0 Å². The fourth-order valence-corrected chi connectivity index (χ4v) is 5.89. The van der Waals surface area contributed by atoms with E-state index in [1.165, 1.54) is 43.4 Å². The second kappa shape index (κ2) is 10.6. The molecule has 1 aliphatic heterocycles. The van der Waals surface area contributed by atoms with Crippen molar-refractivity contribution in [3.05, 3.63) is 69.8 Å². The van der Waals surface area contributed by atoms with Gasteiger partial charge < -0.3 is 4.74 Å². The molecule has 0 saturated carbocycles. The summed E-state index contributed by atoms with van der Waals surface area (Å²) in [6.45, 7) is 4.72. The molecule has 2 aromatic rings. The minimum atomic E-state index is -0.331. The van der Waals surface area contributed by atoms with E-state index >= 15 is 0 Å². The summed E-state index contributed by atoms with van der Waals surface area (Å²) in [6.07, 6.45) is 4.80. The number of ether oxygens (including phenoxy) is 1. The van der Waals surface area contributed by atoms with Crippen molar-refractivity contribution in [3.8, 4) is 0 Å². The van der Waals surface area contributed by atoms with Gasteiger partial charge >= 0.3 is 0 Å². The van der Waals surface area contributed by atoms with E-state index in [2.05, 4.69) is 33.5 Å². The number of nitro benzene ring substituents is 1. The Kier molecular flexibility index (Phi) is 7.61. The van der Waals surface area contributed by atoms with Gasteiger partial charge in [0.2, 0.25) is 0 Å². The minimum absolute atomic E-state index is 0.140. The quantitative estimate of drug-likeness (QED) is 0.326. The Morgan fingerprint density at radius 1 is 1.19 bits per heavy atom. The van der Waals surface area contributed by atoms with Gasteiger partial charge in [-0.1, -0.05) is 30.3 Å². The molecule has 0 amide bonds. The first-order valence-corrected chi connectivity index (χ1v) is 11.9. The Balaban J connectivity index is 1.37. The van der Waals surface area contributed by atoms with E-state index in [1.54, 1.807) is 37.3 Å². The van der Waals surface area contributed by atoms with Gasteiger partial charge in [0, 0.05) is 49.8 Å². The van der Waals surface area contributed by atoms with Gasteiger partial charge in [0.05, 0.1) is 11.5 Å². The Hall–Kier alpha value is -1.93. The molecule has 1 atom stereocenters. The predicted octanol–water partition coefficient (Wildman–Crippen LogP) is 4.43. The Bertz CT molecular complexity index is 869. The highest BCUT2D eigenvalue weighted by Crippen LogP contribution is 2.31. The van der Waals surface area contributed by atoms with E-state index in [0.717, 1.165) is 24.5 Å². The molecule has 0 bridgehead atoms. The summed E-state index contributed by atoms with van der Waals surface area (Å²) < 4.78 is 7.65. The molecule has 6 nitrogen and oxygen atoms in total. The van der Waals surface area contributed by atoms with Gasteiger partial charge in [-0.3, -0.25) is 15.0 Å². The standard InChI is InChI=1S/C24H31N3O3S/c1-30-13-12-26(31-24-10-4-9-22(16-24)27(28)29)18-19-6-5-11-25(17-19)23-14-20-7-2-3-8-21(20)15-23/h2-4,7-10,16,19,23H,5-6,11-15,17-18H2,1H3. The van der Waals surface area contributed by atoms with Crippen molar-refractivity contribution in [3.63, 3.8) is 0 Å². The van der Waals surface area contributed by atoms with Crippen molar-refractivity contribution in [1.82, 2.24) is 9.21 Å². The molecule has 1 unspecified atom stereocenters. The van der Waals surface area contributed by atoms with Crippen molar-refractivity contribution in [1.29, 1.82) is 0 Å². The average Bonchev–Trinajstić information content (AvgIpc) is 3.22. The van der Waals surface area contributed by atoms with E-state index in [-0.39, 0.29) is 10.6 Å². The molecule has 166 valence electrons. The van der Waals surface area contributed by atoms with Gasteiger partial charge in [0.1, 0.15) is 0 Å². The van der Waals surface area contributed by atoms with Crippen LogP contribution in [0.25, 0.3) is 0 Å². The zero-order valence-corrected chi connectivity index (χ0v) is 18.9. The summed E-state index contributed by atoms with van der Waals surface area (Å²) >= 11 is 1.61. The lowest BCUT2D eigenvalue weighted by atomic mass is 9.96. The number of nitrogens with zero attached hydrogens (tertiary/aromatic N) is 3. The predicted molar refractivity (Wildman–Crippen MR) is 124 cm³/mol. The third-order valence-corrected chi connectivity index (χ3v) is 7.42. The zero-order chi connectivity index (χ0) is 21.6. The number of hydrogen-bond donors (Lipinski definition) is 0. The molecule has 1 aliphatic carbocycles. The van der Waals surface area contributed by atoms with Crippen molar-refractivity contribution >= 4 is 17.6 Å². The number of methoxy groups -OCH3 is 1. The highest BCUT2D eigenvalue weighted by atomic mass is 32.2. The van der Waals surface area contributed by atoms with Crippen LogP contribution in [0.15, 0.2) is 53.4 Å². The SMILES string of the molecule is COCCN(CC1CCCN(C2Cc3ccccc3C2)C1)Sc1cccc([N+](=O)[O-])c1. The lowest BCUT2D eigenvalue weighted by Crippen LogP contribution is -2.45. The number of likely N-dealkylation sites (tertiary alicyclic amines) is 1. The monoisotopic (exact) mass is 441 g/mol. The molecule has 0 N–H and O–H groups in total. The molecule has 0 radical (unpaired) electrons. The molecule has 0 aromatic heterocycles. The summed E-state index contributed by atoms with van der Waals surface area (Å²) in [5, 5.41) is 11.1. The van der Waals surface area contributed by atoms with Crippen LogP contribution in [0.2, 0.25) is 0 Å². The third kappa shape index (κ3) is 5.86. The molecular weight excluding hydrogens is 410 g/mol. The second-order valence-corrected chi connectivity index (χ2v) is 9.73. The number of non-ortho nitro benzene ring substituents is 1. The number of piperidine rings is 1. The van der Waals surface area contributed by atoms with E-state index in [9.17, 15) is 10.1 Å². The van der Waals surface area contributed by atoms with Crippen molar-refractivity contribution in [2.24, 2.45) is 5.92 Å². The third-order valence-electron chi connectivity index (χ3n) is 6.37. The van der Waals surface area contributed by atoms with Crippen molar-refractivity contribution in [2.45, 2.75) is 36.6 Å². The molecule has 0 spiro atoms. The van der Waals surface area contributed by atoms with E-state index in [0.29, 0.717) is 18.6 Å². The van der Waals surface area contributed by atoms with E-state index in [4.69, 9.17) is 4.74 Å². The van der Waals surface area contributed by atoms with Crippen LogP contribution in [0, 0.1) is 16.0 Å². The number of benzene rings is 2. The van der Waals surface area contributed by atoms with Gasteiger partial charge in [0.25, 0.3) is 5.69 Å². The maximum Gasteiger partial charge on any atom is 0.270 e. The van der Waals surface area contributed by atoms with Gasteiger partial charge in [0.15, 0.2) is 0 Å². The fourth-order valence-electron chi connectivity index (χ4n) is 4.83. The highest BCUT2D eigenvalue weighted by Gasteiger charge is 2.31. The Morgan fingerprint density at radius 3 is 2.68 bits per heavy atom. The van der Waals surface area contributed by atoms with Crippen LogP contribution < -0.4 is 0 Å². The Morgan fingerprint density at radius 2 is 1.97 bits per heavy atom. The lowest BCUT2D eigenvalue weighted by molar-refractivity contribution is -0.385. The Labute approximate surface area is 188 Å². The topological polar surface area (TPSA) is 58.8 Å². The summed E-state index contributed by atoms with van der Waals surface area (Å²) in [5.74, 6) is 0.598. The molecule has 4 rings (SSSR count). The van der Waals surface area contributed by atoms with Gasteiger partial charge in [-0.2, -0.15) is 0 Å². The number of fused-ring (bicyclic) bond motifs is 1. The lowest BCUT2D eigenvalue weighted by Gasteiger charge is -2.38.